The van der Waals surface area contributed by atoms with E-state index in [2.05, 4.69) is 26.1 Å². The SMILES string of the molecule is CCCNC1CCC(CCC)CC1CC1CCC(C)O1. The van der Waals surface area contributed by atoms with Gasteiger partial charge in [-0.1, -0.05) is 26.7 Å². The molecule has 1 heterocycles. The fourth-order valence-corrected chi connectivity index (χ4v) is 4.29. The van der Waals surface area contributed by atoms with Crippen molar-refractivity contribution in [2.75, 3.05) is 6.54 Å². The highest BCUT2D eigenvalue weighted by molar-refractivity contribution is 4.87. The monoisotopic (exact) mass is 281 g/mol. The predicted molar refractivity (Wildman–Crippen MR) is 86.0 cm³/mol. The Labute approximate surface area is 126 Å². The average Bonchev–Trinajstić information content (AvgIpc) is 2.84. The Kier molecular flexibility index (Phi) is 6.83. The van der Waals surface area contributed by atoms with Gasteiger partial charge in [-0.3, -0.25) is 0 Å². The van der Waals surface area contributed by atoms with Crippen LogP contribution in [0.2, 0.25) is 0 Å². The lowest BCUT2D eigenvalue weighted by atomic mass is 9.74. The van der Waals surface area contributed by atoms with Gasteiger partial charge in [-0.2, -0.15) is 0 Å². The quantitative estimate of drug-likeness (QED) is 0.740. The Balaban J connectivity index is 1.86. The van der Waals surface area contributed by atoms with E-state index in [1.54, 1.807) is 0 Å². The maximum Gasteiger partial charge on any atom is 0.0583 e. The third kappa shape index (κ3) is 4.73. The highest BCUT2D eigenvalue weighted by Gasteiger charge is 2.33. The van der Waals surface area contributed by atoms with E-state index in [0.29, 0.717) is 12.2 Å². The smallest absolute Gasteiger partial charge is 0.0583 e. The second kappa shape index (κ2) is 8.38. The second-order valence-corrected chi connectivity index (χ2v) is 7.17. The largest absolute Gasteiger partial charge is 0.375 e. The standard InChI is InChI=1S/C18H35NO/c1-4-6-15-8-10-18(19-11-5-2)16(12-15)13-17-9-7-14(3)20-17/h14-19H,4-13H2,1-3H3. The molecule has 0 aromatic heterocycles. The fraction of sp³-hybridized carbons (Fsp3) is 1.00. The van der Waals surface area contributed by atoms with Crippen LogP contribution in [0.3, 0.4) is 0 Å². The lowest BCUT2D eigenvalue weighted by Crippen LogP contribution is -2.42. The van der Waals surface area contributed by atoms with E-state index in [4.69, 9.17) is 4.74 Å². The van der Waals surface area contributed by atoms with Crippen molar-refractivity contribution in [3.63, 3.8) is 0 Å². The molecule has 0 aromatic carbocycles. The van der Waals surface area contributed by atoms with Crippen molar-refractivity contribution in [1.29, 1.82) is 0 Å². The Hall–Kier alpha value is -0.0800. The van der Waals surface area contributed by atoms with Crippen LogP contribution in [0.25, 0.3) is 0 Å². The summed E-state index contributed by atoms with van der Waals surface area (Å²) in [6.07, 6.45) is 13.2. The van der Waals surface area contributed by atoms with E-state index in [9.17, 15) is 0 Å². The minimum atomic E-state index is 0.497. The van der Waals surface area contributed by atoms with Crippen molar-refractivity contribution >= 4 is 0 Å². The first kappa shape index (κ1) is 16.3. The Morgan fingerprint density at radius 2 is 1.90 bits per heavy atom. The van der Waals surface area contributed by atoms with Gasteiger partial charge < -0.3 is 10.1 Å². The zero-order valence-corrected chi connectivity index (χ0v) is 13.9. The fourth-order valence-electron chi connectivity index (χ4n) is 4.29. The van der Waals surface area contributed by atoms with Crippen molar-refractivity contribution in [2.24, 2.45) is 11.8 Å². The lowest BCUT2D eigenvalue weighted by Gasteiger charge is -2.38. The lowest BCUT2D eigenvalue weighted by molar-refractivity contribution is 0.0277. The molecule has 0 radical (unpaired) electrons. The van der Waals surface area contributed by atoms with Gasteiger partial charge in [-0.25, -0.2) is 0 Å². The summed E-state index contributed by atoms with van der Waals surface area (Å²) in [6.45, 7) is 8.01. The highest BCUT2D eigenvalue weighted by Crippen LogP contribution is 2.37. The van der Waals surface area contributed by atoms with Crippen LogP contribution in [0, 0.1) is 11.8 Å². The van der Waals surface area contributed by atoms with Gasteiger partial charge in [0, 0.05) is 6.04 Å². The van der Waals surface area contributed by atoms with Crippen molar-refractivity contribution in [2.45, 2.75) is 96.8 Å². The molecule has 20 heavy (non-hydrogen) atoms. The summed E-state index contributed by atoms with van der Waals surface area (Å²) in [4.78, 5) is 0. The number of ether oxygens (including phenoxy) is 1. The molecule has 0 aromatic rings. The van der Waals surface area contributed by atoms with Crippen LogP contribution in [0.1, 0.15) is 78.6 Å². The average molecular weight is 281 g/mol. The minimum absolute atomic E-state index is 0.497. The van der Waals surface area contributed by atoms with Crippen LogP contribution in [0.4, 0.5) is 0 Å². The molecular weight excluding hydrogens is 246 g/mol. The molecule has 5 unspecified atom stereocenters. The van der Waals surface area contributed by atoms with Gasteiger partial charge in [0.05, 0.1) is 12.2 Å². The van der Waals surface area contributed by atoms with Gasteiger partial charge in [-0.05, 0) is 70.3 Å². The number of hydrogen-bond acceptors (Lipinski definition) is 2. The molecule has 0 spiro atoms. The molecular formula is C18H35NO. The third-order valence-corrected chi connectivity index (χ3v) is 5.33. The number of rotatable bonds is 7. The topological polar surface area (TPSA) is 21.3 Å². The second-order valence-electron chi connectivity index (χ2n) is 7.17. The van der Waals surface area contributed by atoms with Gasteiger partial charge in [0.2, 0.25) is 0 Å². The van der Waals surface area contributed by atoms with Crippen LogP contribution >= 0.6 is 0 Å². The molecule has 2 fully saturated rings. The van der Waals surface area contributed by atoms with Crippen molar-refractivity contribution in [3.8, 4) is 0 Å². The van der Waals surface area contributed by atoms with Crippen LogP contribution < -0.4 is 5.32 Å². The molecule has 2 nitrogen and oxygen atoms in total. The molecule has 2 heteroatoms. The molecule has 1 saturated carbocycles. The highest BCUT2D eigenvalue weighted by atomic mass is 16.5. The van der Waals surface area contributed by atoms with Crippen molar-refractivity contribution in [1.82, 2.24) is 5.32 Å². The van der Waals surface area contributed by atoms with Gasteiger partial charge >= 0.3 is 0 Å². The first-order valence-corrected chi connectivity index (χ1v) is 9.11. The van der Waals surface area contributed by atoms with Crippen molar-refractivity contribution < 1.29 is 4.74 Å². The molecule has 2 aliphatic rings. The molecule has 1 N–H and O–H groups in total. The van der Waals surface area contributed by atoms with E-state index in [1.807, 2.05) is 0 Å². The zero-order chi connectivity index (χ0) is 14.4. The molecule has 1 saturated heterocycles. The molecule has 0 amide bonds. The molecule has 1 aliphatic carbocycles. The zero-order valence-electron chi connectivity index (χ0n) is 13.9. The van der Waals surface area contributed by atoms with Gasteiger partial charge in [0.15, 0.2) is 0 Å². The number of nitrogens with one attached hydrogen (secondary N) is 1. The summed E-state index contributed by atoms with van der Waals surface area (Å²) >= 11 is 0. The minimum Gasteiger partial charge on any atom is -0.375 e. The normalized spacial score (nSPS) is 38.2. The van der Waals surface area contributed by atoms with Crippen LogP contribution in [-0.4, -0.2) is 24.8 Å². The van der Waals surface area contributed by atoms with Gasteiger partial charge in [0.1, 0.15) is 0 Å². The van der Waals surface area contributed by atoms with E-state index < -0.39 is 0 Å². The molecule has 1 aliphatic heterocycles. The molecule has 118 valence electrons. The van der Waals surface area contributed by atoms with Gasteiger partial charge in [-0.15, -0.1) is 0 Å². The van der Waals surface area contributed by atoms with Crippen LogP contribution in [0.5, 0.6) is 0 Å². The van der Waals surface area contributed by atoms with Crippen molar-refractivity contribution in [3.05, 3.63) is 0 Å². The van der Waals surface area contributed by atoms with Crippen LogP contribution in [-0.2, 0) is 4.74 Å². The first-order valence-electron chi connectivity index (χ1n) is 9.11. The molecule has 0 bridgehead atoms. The Morgan fingerprint density at radius 3 is 2.55 bits per heavy atom. The Bertz CT molecular complexity index is 268. The summed E-state index contributed by atoms with van der Waals surface area (Å²) in [5, 5.41) is 3.81. The summed E-state index contributed by atoms with van der Waals surface area (Å²) in [7, 11) is 0. The predicted octanol–water partition coefficient (Wildman–Crippen LogP) is 4.53. The molecule has 5 atom stereocenters. The Morgan fingerprint density at radius 1 is 1.05 bits per heavy atom. The summed E-state index contributed by atoms with van der Waals surface area (Å²) in [5.74, 6) is 1.82. The van der Waals surface area contributed by atoms with E-state index >= 15 is 0 Å². The van der Waals surface area contributed by atoms with Crippen LogP contribution in [0.15, 0.2) is 0 Å². The maximum absolute atomic E-state index is 6.08. The van der Waals surface area contributed by atoms with E-state index in [1.165, 1.54) is 64.3 Å². The maximum atomic E-state index is 6.08. The summed E-state index contributed by atoms with van der Waals surface area (Å²) in [5.41, 5.74) is 0. The summed E-state index contributed by atoms with van der Waals surface area (Å²) in [6, 6.07) is 0.752. The number of hydrogen-bond donors (Lipinski definition) is 1. The summed E-state index contributed by atoms with van der Waals surface area (Å²) < 4.78 is 6.08. The van der Waals surface area contributed by atoms with E-state index in [-0.39, 0.29) is 0 Å². The third-order valence-electron chi connectivity index (χ3n) is 5.33. The van der Waals surface area contributed by atoms with Gasteiger partial charge in [0.25, 0.3) is 0 Å². The van der Waals surface area contributed by atoms with E-state index in [0.717, 1.165) is 17.9 Å². The molecule has 2 rings (SSSR count). The first-order chi connectivity index (χ1) is 9.72.